The second kappa shape index (κ2) is 4.77. The molecule has 2 atom stereocenters. The Kier molecular flexibility index (Phi) is 3.73. The quantitative estimate of drug-likeness (QED) is 0.767. The Hall–Kier alpha value is -0.550. The van der Waals surface area contributed by atoms with Crippen molar-refractivity contribution in [2.45, 2.75) is 78.2 Å². The summed E-state index contributed by atoms with van der Waals surface area (Å²) in [6, 6.07) is 2.54. The number of aliphatic hydroxyl groups is 1. The van der Waals surface area contributed by atoms with E-state index < -0.39 is 11.0 Å². The minimum absolute atomic E-state index is 0.327. The number of hydrogen-bond donors (Lipinski definition) is 1. The maximum atomic E-state index is 11.0. The minimum Gasteiger partial charge on any atom is -0.388 e. The third-order valence-electron chi connectivity index (χ3n) is 5.91. The Bertz CT molecular complexity index is 368. The molecule has 0 spiro atoms. The van der Waals surface area contributed by atoms with Crippen LogP contribution in [0, 0.1) is 34.0 Å². The molecule has 108 valence electrons. The average Bonchev–Trinajstić information content (AvgIpc) is 2.69. The maximum absolute atomic E-state index is 11.0. The van der Waals surface area contributed by atoms with Gasteiger partial charge in [0.05, 0.1) is 17.1 Å². The zero-order valence-corrected chi connectivity index (χ0v) is 13.0. The summed E-state index contributed by atoms with van der Waals surface area (Å²) in [5, 5.41) is 20.7. The molecule has 2 rings (SSSR count). The second-order valence-corrected chi connectivity index (χ2v) is 8.21. The fourth-order valence-corrected chi connectivity index (χ4v) is 4.36. The van der Waals surface area contributed by atoms with Gasteiger partial charge < -0.3 is 5.11 Å². The molecule has 2 nitrogen and oxygen atoms in total. The van der Waals surface area contributed by atoms with E-state index in [-0.39, 0.29) is 0 Å². The Morgan fingerprint density at radius 2 is 1.68 bits per heavy atom. The van der Waals surface area contributed by atoms with E-state index in [4.69, 9.17) is 0 Å². The van der Waals surface area contributed by atoms with Gasteiger partial charge in [-0.25, -0.2) is 0 Å². The van der Waals surface area contributed by atoms with Crippen molar-refractivity contribution in [3.8, 4) is 6.07 Å². The van der Waals surface area contributed by atoms with Crippen molar-refractivity contribution >= 4 is 0 Å². The Morgan fingerprint density at radius 3 is 2.05 bits per heavy atom. The molecule has 2 heteroatoms. The van der Waals surface area contributed by atoms with E-state index in [9.17, 15) is 10.4 Å². The topological polar surface area (TPSA) is 44.0 Å². The maximum Gasteiger partial charge on any atom is 0.0860 e. The van der Waals surface area contributed by atoms with Gasteiger partial charge in [-0.3, -0.25) is 0 Å². The van der Waals surface area contributed by atoms with Gasteiger partial charge in [-0.15, -0.1) is 0 Å². The molecule has 0 aliphatic heterocycles. The number of nitrogens with zero attached hydrogens (tertiary/aromatic N) is 1. The molecule has 2 aliphatic carbocycles. The first kappa shape index (κ1) is 14.9. The molecule has 1 N–H and O–H groups in total. The predicted molar refractivity (Wildman–Crippen MR) is 77.4 cm³/mol. The zero-order chi connectivity index (χ0) is 14.3. The third kappa shape index (κ3) is 2.55. The van der Waals surface area contributed by atoms with Gasteiger partial charge in [0.2, 0.25) is 0 Å². The Morgan fingerprint density at radius 1 is 1.11 bits per heavy atom. The first-order valence-electron chi connectivity index (χ1n) is 7.86. The van der Waals surface area contributed by atoms with Crippen LogP contribution in [0.4, 0.5) is 0 Å². The smallest absolute Gasteiger partial charge is 0.0860 e. The largest absolute Gasteiger partial charge is 0.388 e. The van der Waals surface area contributed by atoms with Gasteiger partial charge in [0, 0.05) is 0 Å². The van der Waals surface area contributed by atoms with E-state index >= 15 is 0 Å². The van der Waals surface area contributed by atoms with Crippen molar-refractivity contribution < 1.29 is 5.11 Å². The van der Waals surface area contributed by atoms with Crippen molar-refractivity contribution in [2.24, 2.45) is 22.7 Å². The van der Waals surface area contributed by atoms with E-state index in [1.807, 2.05) is 0 Å². The predicted octanol–water partition coefficient (Wildman–Crippen LogP) is 4.28. The van der Waals surface area contributed by atoms with Gasteiger partial charge in [0.25, 0.3) is 0 Å². The lowest BCUT2D eigenvalue weighted by Crippen LogP contribution is -2.48. The standard InChI is InChI=1S/C17H29NO/c1-13-5-10-17(19,11-13)16(12-18)8-6-14(7-9-16)15(2,3)4/h13-14,19H,5-11H2,1-4H3. The molecule has 19 heavy (non-hydrogen) atoms. The highest BCUT2D eigenvalue weighted by Gasteiger charge is 2.55. The molecule has 2 aliphatic rings. The van der Waals surface area contributed by atoms with Crippen LogP contribution in [0.5, 0.6) is 0 Å². The van der Waals surface area contributed by atoms with Crippen LogP contribution in [0.3, 0.4) is 0 Å². The third-order valence-corrected chi connectivity index (χ3v) is 5.91. The van der Waals surface area contributed by atoms with Crippen LogP contribution in [0.1, 0.15) is 72.6 Å². The lowest BCUT2D eigenvalue weighted by molar-refractivity contribution is -0.0812. The lowest BCUT2D eigenvalue weighted by Gasteiger charge is -2.47. The summed E-state index contributed by atoms with van der Waals surface area (Å²) >= 11 is 0. The highest BCUT2D eigenvalue weighted by atomic mass is 16.3. The molecule has 0 radical (unpaired) electrons. The number of rotatable bonds is 1. The highest BCUT2D eigenvalue weighted by molar-refractivity contribution is 5.15. The number of hydrogen-bond acceptors (Lipinski definition) is 2. The van der Waals surface area contributed by atoms with Gasteiger partial charge in [0.1, 0.15) is 0 Å². The summed E-state index contributed by atoms with van der Waals surface area (Å²) in [5.41, 5.74) is -0.864. The molecule has 2 unspecified atom stereocenters. The first-order valence-corrected chi connectivity index (χ1v) is 7.86. The molecule has 0 bridgehead atoms. The van der Waals surface area contributed by atoms with Crippen LogP contribution in [0.2, 0.25) is 0 Å². The van der Waals surface area contributed by atoms with Crippen LogP contribution < -0.4 is 0 Å². The fourth-order valence-electron chi connectivity index (χ4n) is 4.36. The van der Waals surface area contributed by atoms with Crippen molar-refractivity contribution in [3.05, 3.63) is 0 Å². The Balaban J connectivity index is 2.13. The van der Waals surface area contributed by atoms with Crippen molar-refractivity contribution in [3.63, 3.8) is 0 Å². The highest BCUT2D eigenvalue weighted by Crippen LogP contribution is 2.55. The fraction of sp³-hybridized carbons (Fsp3) is 0.941. The summed E-state index contributed by atoms with van der Waals surface area (Å²) in [6.07, 6.45) is 6.66. The minimum atomic E-state index is -0.718. The molecule has 0 heterocycles. The monoisotopic (exact) mass is 263 g/mol. The van der Waals surface area contributed by atoms with Gasteiger partial charge in [0.15, 0.2) is 0 Å². The summed E-state index contributed by atoms with van der Waals surface area (Å²) in [6.45, 7) is 9.08. The normalized spacial score (nSPS) is 44.0. The summed E-state index contributed by atoms with van der Waals surface area (Å²) in [5.74, 6) is 1.26. The van der Waals surface area contributed by atoms with Gasteiger partial charge >= 0.3 is 0 Å². The van der Waals surface area contributed by atoms with Crippen LogP contribution in [0.25, 0.3) is 0 Å². The van der Waals surface area contributed by atoms with E-state index in [0.29, 0.717) is 17.3 Å². The molecule has 2 saturated carbocycles. The number of nitriles is 1. The van der Waals surface area contributed by atoms with Gasteiger partial charge in [-0.1, -0.05) is 27.7 Å². The van der Waals surface area contributed by atoms with Crippen molar-refractivity contribution in [2.75, 3.05) is 0 Å². The SMILES string of the molecule is CC1CCC(O)(C2(C#N)CCC(C(C)(C)C)CC2)C1. The van der Waals surface area contributed by atoms with Crippen LogP contribution in [-0.4, -0.2) is 10.7 Å². The van der Waals surface area contributed by atoms with Crippen LogP contribution >= 0.6 is 0 Å². The molecular formula is C17H29NO. The van der Waals surface area contributed by atoms with E-state index in [2.05, 4.69) is 33.8 Å². The van der Waals surface area contributed by atoms with Crippen LogP contribution in [0.15, 0.2) is 0 Å². The van der Waals surface area contributed by atoms with E-state index in [1.54, 1.807) is 0 Å². The summed E-state index contributed by atoms with van der Waals surface area (Å²) in [4.78, 5) is 0. The van der Waals surface area contributed by atoms with Crippen molar-refractivity contribution in [1.29, 1.82) is 5.26 Å². The van der Waals surface area contributed by atoms with E-state index in [0.717, 1.165) is 44.9 Å². The average molecular weight is 263 g/mol. The Labute approximate surface area is 118 Å². The summed E-state index contributed by atoms with van der Waals surface area (Å²) in [7, 11) is 0. The molecule has 0 aromatic heterocycles. The second-order valence-electron chi connectivity index (χ2n) is 8.21. The lowest BCUT2D eigenvalue weighted by atomic mass is 9.58. The first-order chi connectivity index (χ1) is 8.72. The van der Waals surface area contributed by atoms with Crippen LogP contribution in [-0.2, 0) is 0 Å². The zero-order valence-electron chi connectivity index (χ0n) is 13.0. The molecule has 0 saturated heterocycles. The van der Waals surface area contributed by atoms with Gasteiger partial charge in [-0.05, 0) is 62.2 Å². The van der Waals surface area contributed by atoms with Gasteiger partial charge in [-0.2, -0.15) is 5.26 Å². The molecular weight excluding hydrogens is 234 g/mol. The molecule has 0 aromatic carbocycles. The molecule has 0 aromatic rings. The van der Waals surface area contributed by atoms with E-state index in [1.165, 1.54) is 0 Å². The molecule has 0 amide bonds. The molecule has 2 fully saturated rings. The van der Waals surface area contributed by atoms with Crippen molar-refractivity contribution in [1.82, 2.24) is 0 Å². The summed E-state index contributed by atoms with van der Waals surface area (Å²) < 4.78 is 0.